The summed E-state index contributed by atoms with van der Waals surface area (Å²) >= 11 is 0. The Bertz CT molecular complexity index is 713. The molecule has 6 nitrogen and oxygen atoms in total. The number of hydrogen-bond acceptors (Lipinski definition) is 4. The second kappa shape index (κ2) is 5.79. The lowest BCUT2D eigenvalue weighted by Gasteiger charge is -2.37. The van der Waals surface area contributed by atoms with Crippen molar-refractivity contribution >= 4 is 22.6 Å². The highest BCUT2D eigenvalue weighted by molar-refractivity contribution is 5.99. The topological polar surface area (TPSA) is 63.7 Å². The first-order valence-electron chi connectivity index (χ1n) is 7.93. The van der Waals surface area contributed by atoms with E-state index in [-0.39, 0.29) is 6.03 Å². The fraction of sp³-hybridized carbons (Fsp3) is 0.412. The van der Waals surface area contributed by atoms with E-state index in [2.05, 4.69) is 10.3 Å². The molecule has 2 aromatic rings. The molecule has 0 saturated carbocycles. The number of amides is 2. The standard InChI is InChI=1S/C17H19N3O3/c21-16(20-9-6-17(7-10-20)22-11-12-23-17)19-14-5-1-3-13-4-2-8-18-15(13)14/h1-5,8H,6-7,9-12H2,(H,19,21). The average molecular weight is 313 g/mol. The van der Waals surface area contributed by atoms with E-state index < -0.39 is 5.79 Å². The van der Waals surface area contributed by atoms with Crippen LogP contribution in [0.15, 0.2) is 36.5 Å². The molecule has 2 amide bonds. The van der Waals surface area contributed by atoms with E-state index in [1.54, 1.807) is 11.1 Å². The largest absolute Gasteiger partial charge is 0.347 e. The van der Waals surface area contributed by atoms with E-state index >= 15 is 0 Å². The number of nitrogens with zero attached hydrogens (tertiary/aromatic N) is 2. The first-order chi connectivity index (χ1) is 11.3. The molecule has 23 heavy (non-hydrogen) atoms. The molecule has 6 heteroatoms. The number of carbonyl (C=O) groups is 1. The van der Waals surface area contributed by atoms with Gasteiger partial charge in [-0.2, -0.15) is 0 Å². The number of nitrogens with one attached hydrogen (secondary N) is 1. The molecule has 3 heterocycles. The Morgan fingerprint density at radius 3 is 2.65 bits per heavy atom. The van der Waals surface area contributed by atoms with Gasteiger partial charge in [-0.1, -0.05) is 18.2 Å². The minimum atomic E-state index is -0.461. The van der Waals surface area contributed by atoms with Crippen molar-refractivity contribution in [2.45, 2.75) is 18.6 Å². The number of piperidine rings is 1. The van der Waals surface area contributed by atoms with Crippen LogP contribution in [0.2, 0.25) is 0 Å². The zero-order valence-corrected chi connectivity index (χ0v) is 12.8. The first-order valence-corrected chi connectivity index (χ1v) is 7.93. The third kappa shape index (κ3) is 2.75. The Labute approximate surface area is 134 Å². The van der Waals surface area contributed by atoms with Crippen LogP contribution in [0, 0.1) is 0 Å². The summed E-state index contributed by atoms with van der Waals surface area (Å²) in [6.45, 7) is 2.55. The molecule has 1 spiro atoms. The van der Waals surface area contributed by atoms with E-state index in [9.17, 15) is 4.79 Å². The number of hydrogen-bond donors (Lipinski definition) is 1. The number of aromatic nitrogens is 1. The van der Waals surface area contributed by atoms with Crippen molar-refractivity contribution in [1.29, 1.82) is 0 Å². The number of fused-ring (bicyclic) bond motifs is 1. The van der Waals surface area contributed by atoms with Gasteiger partial charge in [-0.15, -0.1) is 0 Å². The summed E-state index contributed by atoms with van der Waals surface area (Å²) in [5.41, 5.74) is 1.54. The molecule has 0 unspecified atom stereocenters. The molecule has 2 aliphatic rings. The number of rotatable bonds is 1. The molecule has 0 radical (unpaired) electrons. The van der Waals surface area contributed by atoms with Gasteiger partial charge in [-0.25, -0.2) is 4.79 Å². The third-order valence-electron chi connectivity index (χ3n) is 4.50. The maximum absolute atomic E-state index is 12.5. The summed E-state index contributed by atoms with van der Waals surface area (Å²) in [6, 6.07) is 9.55. The van der Waals surface area contributed by atoms with Gasteiger partial charge < -0.3 is 19.7 Å². The van der Waals surface area contributed by atoms with Gasteiger partial charge in [0, 0.05) is 37.5 Å². The van der Waals surface area contributed by atoms with E-state index in [0.717, 1.165) is 16.6 Å². The molecule has 4 rings (SSSR count). The van der Waals surface area contributed by atoms with Crippen LogP contribution in [0.1, 0.15) is 12.8 Å². The van der Waals surface area contributed by atoms with Crippen molar-refractivity contribution in [2.24, 2.45) is 0 Å². The molecule has 0 bridgehead atoms. The van der Waals surface area contributed by atoms with Gasteiger partial charge >= 0.3 is 6.03 Å². The lowest BCUT2D eigenvalue weighted by atomic mass is 10.0. The van der Waals surface area contributed by atoms with Crippen LogP contribution in [0.3, 0.4) is 0 Å². The van der Waals surface area contributed by atoms with Crippen molar-refractivity contribution in [3.63, 3.8) is 0 Å². The minimum Gasteiger partial charge on any atom is -0.347 e. The fourth-order valence-electron chi connectivity index (χ4n) is 3.24. The Balaban J connectivity index is 1.46. The quantitative estimate of drug-likeness (QED) is 0.879. The Hall–Kier alpha value is -2.18. The highest BCUT2D eigenvalue weighted by atomic mass is 16.7. The molecule has 0 aliphatic carbocycles. The maximum atomic E-state index is 12.5. The molecule has 1 aromatic heterocycles. The van der Waals surface area contributed by atoms with Gasteiger partial charge in [0.2, 0.25) is 0 Å². The van der Waals surface area contributed by atoms with Crippen molar-refractivity contribution in [3.8, 4) is 0 Å². The van der Waals surface area contributed by atoms with Crippen LogP contribution in [-0.2, 0) is 9.47 Å². The van der Waals surface area contributed by atoms with Crippen molar-refractivity contribution in [1.82, 2.24) is 9.88 Å². The van der Waals surface area contributed by atoms with Crippen molar-refractivity contribution in [3.05, 3.63) is 36.5 Å². The average Bonchev–Trinajstić information content (AvgIpc) is 3.04. The van der Waals surface area contributed by atoms with Crippen LogP contribution in [0.5, 0.6) is 0 Å². The number of likely N-dealkylation sites (tertiary alicyclic amines) is 1. The number of urea groups is 1. The Morgan fingerprint density at radius 2 is 1.87 bits per heavy atom. The van der Waals surface area contributed by atoms with Crippen LogP contribution >= 0.6 is 0 Å². The smallest absolute Gasteiger partial charge is 0.321 e. The lowest BCUT2D eigenvalue weighted by Crippen LogP contribution is -2.48. The third-order valence-corrected chi connectivity index (χ3v) is 4.50. The van der Waals surface area contributed by atoms with Gasteiger partial charge in [0.1, 0.15) is 0 Å². The molecular formula is C17H19N3O3. The Kier molecular flexibility index (Phi) is 3.63. The van der Waals surface area contributed by atoms with Gasteiger partial charge in [-0.3, -0.25) is 4.98 Å². The second-order valence-corrected chi connectivity index (χ2v) is 5.91. The van der Waals surface area contributed by atoms with Crippen LogP contribution < -0.4 is 5.32 Å². The minimum absolute atomic E-state index is 0.101. The number of benzene rings is 1. The monoisotopic (exact) mass is 313 g/mol. The molecular weight excluding hydrogens is 294 g/mol. The van der Waals surface area contributed by atoms with E-state index in [4.69, 9.17) is 9.47 Å². The first kappa shape index (κ1) is 14.4. The van der Waals surface area contributed by atoms with Crippen LogP contribution in [0.25, 0.3) is 10.9 Å². The normalized spacial score (nSPS) is 20.1. The van der Waals surface area contributed by atoms with E-state index in [0.29, 0.717) is 39.1 Å². The lowest BCUT2D eigenvalue weighted by molar-refractivity contribution is -0.181. The fourth-order valence-corrected chi connectivity index (χ4v) is 3.24. The summed E-state index contributed by atoms with van der Waals surface area (Å²) in [5, 5.41) is 3.99. The zero-order valence-electron chi connectivity index (χ0n) is 12.8. The van der Waals surface area contributed by atoms with Gasteiger partial charge in [0.25, 0.3) is 0 Å². The van der Waals surface area contributed by atoms with Crippen LogP contribution in [-0.4, -0.2) is 48.0 Å². The molecule has 2 aliphatic heterocycles. The predicted octanol–water partition coefficient (Wildman–Crippen LogP) is 2.61. The summed E-state index contributed by atoms with van der Waals surface area (Å²) in [7, 11) is 0. The SMILES string of the molecule is O=C(Nc1cccc2cccnc12)N1CCC2(CC1)OCCO2. The maximum Gasteiger partial charge on any atom is 0.321 e. The zero-order chi connectivity index (χ0) is 15.7. The molecule has 1 aromatic carbocycles. The van der Waals surface area contributed by atoms with Crippen molar-refractivity contribution in [2.75, 3.05) is 31.6 Å². The van der Waals surface area contributed by atoms with Crippen molar-refractivity contribution < 1.29 is 14.3 Å². The van der Waals surface area contributed by atoms with E-state index in [1.165, 1.54) is 0 Å². The summed E-state index contributed by atoms with van der Waals surface area (Å²) in [5.74, 6) is -0.461. The van der Waals surface area contributed by atoms with E-state index in [1.807, 2.05) is 30.3 Å². The van der Waals surface area contributed by atoms with Gasteiger partial charge in [-0.05, 0) is 12.1 Å². The van der Waals surface area contributed by atoms with Gasteiger partial charge in [0.15, 0.2) is 5.79 Å². The Morgan fingerprint density at radius 1 is 1.13 bits per heavy atom. The molecule has 2 saturated heterocycles. The predicted molar refractivity (Wildman–Crippen MR) is 86.2 cm³/mol. The number of anilines is 1. The molecule has 1 N–H and O–H groups in total. The molecule has 0 atom stereocenters. The highest BCUT2D eigenvalue weighted by Crippen LogP contribution is 2.31. The number of para-hydroxylation sites is 1. The molecule has 2 fully saturated rings. The molecule has 120 valence electrons. The number of ether oxygens (including phenoxy) is 2. The second-order valence-electron chi connectivity index (χ2n) is 5.91. The summed E-state index contributed by atoms with van der Waals surface area (Å²) in [4.78, 5) is 18.7. The summed E-state index contributed by atoms with van der Waals surface area (Å²) < 4.78 is 11.4. The number of pyridine rings is 1. The highest BCUT2D eigenvalue weighted by Gasteiger charge is 2.40. The van der Waals surface area contributed by atoms with Crippen LogP contribution in [0.4, 0.5) is 10.5 Å². The summed E-state index contributed by atoms with van der Waals surface area (Å²) in [6.07, 6.45) is 3.17. The number of carbonyl (C=O) groups excluding carboxylic acids is 1. The van der Waals surface area contributed by atoms with Gasteiger partial charge in [0.05, 0.1) is 24.4 Å².